The second-order valence-electron chi connectivity index (χ2n) is 6.45. The molecule has 1 aliphatic rings. The number of aliphatic hydroxyl groups excluding tert-OH is 1. The number of rotatable bonds is 6. The van der Waals surface area contributed by atoms with Gasteiger partial charge in [0.15, 0.2) is 11.8 Å². The molecule has 1 heterocycles. The molecule has 2 aromatic carbocycles. The van der Waals surface area contributed by atoms with E-state index in [-0.39, 0.29) is 16.8 Å². The highest BCUT2D eigenvalue weighted by Crippen LogP contribution is 2.28. The first-order valence-corrected chi connectivity index (χ1v) is 9.17. The SMILES string of the molecule is O=C(N[C@@H](CO)C(=O)O)C1=CC(c2ccc(Cl)cc2)=NC(c2cccc(F)c2)C1=O. The number of aliphatic hydroxyl groups is 1. The highest BCUT2D eigenvalue weighted by Gasteiger charge is 2.33. The number of nitrogens with zero attached hydrogens (tertiary/aromatic N) is 1. The third-order valence-electron chi connectivity index (χ3n) is 4.40. The van der Waals surface area contributed by atoms with Crippen LogP contribution in [0.5, 0.6) is 0 Å². The Morgan fingerprint density at radius 3 is 2.50 bits per heavy atom. The third-order valence-corrected chi connectivity index (χ3v) is 4.65. The summed E-state index contributed by atoms with van der Waals surface area (Å²) < 4.78 is 13.7. The molecule has 0 radical (unpaired) electrons. The molecule has 2 atom stereocenters. The van der Waals surface area contributed by atoms with Crippen molar-refractivity contribution in [3.8, 4) is 0 Å². The van der Waals surface area contributed by atoms with Crippen molar-refractivity contribution in [2.24, 2.45) is 4.99 Å². The number of aliphatic carboxylic acids is 1. The van der Waals surface area contributed by atoms with Gasteiger partial charge in [0.1, 0.15) is 11.9 Å². The minimum atomic E-state index is -1.59. The van der Waals surface area contributed by atoms with Gasteiger partial charge in [-0.15, -0.1) is 0 Å². The quantitative estimate of drug-likeness (QED) is 0.607. The number of amides is 1. The fourth-order valence-corrected chi connectivity index (χ4v) is 3.00. The molecule has 9 heteroatoms. The van der Waals surface area contributed by atoms with Crippen LogP contribution in [0, 0.1) is 5.82 Å². The van der Waals surface area contributed by atoms with Crippen LogP contribution in [0.15, 0.2) is 65.2 Å². The topological polar surface area (TPSA) is 116 Å². The number of benzene rings is 2. The van der Waals surface area contributed by atoms with Gasteiger partial charge < -0.3 is 15.5 Å². The number of dihydropyridines is 1. The number of nitrogens with one attached hydrogen (secondary N) is 1. The Kier molecular flexibility index (Phi) is 6.39. The Balaban J connectivity index is 2.05. The maximum Gasteiger partial charge on any atom is 0.328 e. The van der Waals surface area contributed by atoms with Gasteiger partial charge in [-0.1, -0.05) is 35.9 Å². The van der Waals surface area contributed by atoms with E-state index in [1.807, 2.05) is 0 Å². The number of ketones is 1. The van der Waals surface area contributed by atoms with Crippen LogP contribution in [0.1, 0.15) is 17.2 Å². The lowest BCUT2D eigenvalue weighted by atomic mass is 9.91. The first kappa shape index (κ1) is 21.4. The van der Waals surface area contributed by atoms with Crippen LogP contribution in [-0.4, -0.2) is 46.2 Å². The van der Waals surface area contributed by atoms with Crippen LogP contribution in [0.4, 0.5) is 4.39 Å². The molecule has 0 aromatic heterocycles. The Labute approximate surface area is 175 Å². The Morgan fingerprint density at radius 1 is 1.20 bits per heavy atom. The normalized spacial score (nSPS) is 17.0. The van der Waals surface area contributed by atoms with E-state index in [0.717, 1.165) is 6.07 Å². The molecule has 0 spiro atoms. The van der Waals surface area contributed by atoms with Gasteiger partial charge in [-0.05, 0) is 41.5 Å². The number of carboxylic acid groups (broad SMARTS) is 1. The summed E-state index contributed by atoms with van der Waals surface area (Å²) in [6.45, 7) is -0.853. The number of aliphatic imine (C=N–C) groups is 1. The van der Waals surface area contributed by atoms with Crippen molar-refractivity contribution in [1.29, 1.82) is 0 Å². The summed E-state index contributed by atoms with van der Waals surface area (Å²) in [4.78, 5) is 41.1. The molecule has 1 unspecified atom stereocenters. The number of Topliss-reactive ketones (excluding diaryl/α,β-unsaturated/α-hetero) is 1. The summed E-state index contributed by atoms with van der Waals surface area (Å²) in [6.07, 6.45) is 1.23. The minimum Gasteiger partial charge on any atom is -0.480 e. The molecular weight excluding hydrogens is 415 g/mol. The molecule has 30 heavy (non-hydrogen) atoms. The zero-order valence-electron chi connectivity index (χ0n) is 15.4. The Hall–Kier alpha value is -3.36. The lowest BCUT2D eigenvalue weighted by Gasteiger charge is -2.21. The van der Waals surface area contributed by atoms with Gasteiger partial charge >= 0.3 is 5.97 Å². The smallest absolute Gasteiger partial charge is 0.328 e. The first-order chi connectivity index (χ1) is 14.3. The van der Waals surface area contributed by atoms with Crippen molar-refractivity contribution in [3.05, 3.63) is 82.1 Å². The highest BCUT2D eigenvalue weighted by molar-refractivity contribution is 6.31. The molecule has 0 saturated carbocycles. The predicted octanol–water partition coefficient (Wildman–Crippen LogP) is 2.08. The van der Waals surface area contributed by atoms with Crippen molar-refractivity contribution in [2.45, 2.75) is 12.1 Å². The van der Waals surface area contributed by atoms with Crippen molar-refractivity contribution in [1.82, 2.24) is 5.32 Å². The summed E-state index contributed by atoms with van der Waals surface area (Å²) in [5.41, 5.74) is 0.697. The summed E-state index contributed by atoms with van der Waals surface area (Å²) in [5, 5.41) is 20.8. The monoisotopic (exact) mass is 430 g/mol. The van der Waals surface area contributed by atoms with Crippen molar-refractivity contribution in [2.75, 3.05) is 6.61 Å². The number of hydrogen-bond donors (Lipinski definition) is 3. The van der Waals surface area contributed by atoms with E-state index in [1.165, 1.54) is 24.3 Å². The van der Waals surface area contributed by atoms with Crippen molar-refractivity contribution >= 4 is 35.0 Å². The highest BCUT2D eigenvalue weighted by atomic mass is 35.5. The van der Waals surface area contributed by atoms with Gasteiger partial charge in [-0.25, -0.2) is 9.18 Å². The number of halogens is 2. The minimum absolute atomic E-state index is 0.238. The first-order valence-electron chi connectivity index (χ1n) is 8.80. The van der Waals surface area contributed by atoms with E-state index in [2.05, 4.69) is 10.3 Å². The van der Waals surface area contributed by atoms with Crippen LogP contribution in [0.3, 0.4) is 0 Å². The van der Waals surface area contributed by atoms with Gasteiger partial charge in [0.05, 0.1) is 17.9 Å². The molecule has 1 aliphatic heterocycles. The lowest BCUT2D eigenvalue weighted by molar-refractivity contribution is -0.142. The third kappa shape index (κ3) is 4.61. The maximum absolute atomic E-state index is 13.7. The summed E-state index contributed by atoms with van der Waals surface area (Å²) in [5.74, 6) is -3.74. The van der Waals surface area contributed by atoms with Gasteiger partial charge in [-0.2, -0.15) is 0 Å². The van der Waals surface area contributed by atoms with E-state index in [0.29, 0.717) is 10.6 Å². The summed E-state index contributed by atoms with van der Waals surface area (Å²) in [6, 6.07) is 8.97. The van der Waals surface area contributed by atoms with Crippen LogP contribution in [0.25, 0.3) is 0 Å². The van der Waals surface area contributed by atoms with E-state index in [9.17, 15) is 18.8 Å². The molecule has 3 N–H and O–H groups in total. The molecule has 1 amide bonds. The molecule has 0 bridgehead atoms. The van der Waals surface area contributed by atoms with Crippen LogP contribution in [0.2, 0.25) is 5.02 Å². The lowest BCUT2D eigenvalue weighted by Crippen LogP contribution is -2.45. The Morgan fingerprint density at radius 2 is 1.90 bits per heavy atom. The van der Waals surface area contributed by atoms with E-state index in [4.69, 9.17) is 21.8 Å². The van der Waals surface area contributed by atoms with E-state index >= 15 is 0 Å². The van der Waals surface area contributed by atoms with Crippen LogP contribution in [-0.2, 0) is 14.4 Å². The van der Waals surface area contributed by atoms with Crippen LogP contribution >= 0.6 is 11.6 Å². The molecular formula is C21H16ClFN2O5. The van der Waals surface area contributed by atoms with Gasteiger partial charge in [0.2, 0.25) is 0 Å². The van der Waals surface area contributed by atoms with E-state index < -0.39 is 42.2 Å². The van der Waals surface area contributed by atoms with Gasteiger partial charge in [0, 0.05) is 5.02 Å². The van der Waals surface area contributed by atoms with E-state index in [1.54, 1.807) is 24.3 Å². The maximum atomic E-state index is 13.7. The van der Waals surface area contributed by atoms with Gasteiger partial charge in [0.25, 0.3) is 5.91 Å². The van der Waals surface area contributed by atoms with Crippen molar-refractivity contribution in [3.63, 3.8) is 0 Å². The molecule has 2 aromatic rings. The summed E-state index contributed by atoms with van der Waals surface area (Å²) in [7, 11) is 0. The average molecular weight is 431 g/mol. The number of allylic oxidation sites excluding steroid dienone is 1. The molecule has 0 fully saturated rings. The number of carboxylic acids is 1. The number of carbonyl (C=O) groups excluding carboxylic acids is 2. The second kappa shape index (κ2) is 8.98. The zero-order chi connectivity index (χ0) is 21.8. The fraction of sp³-hybridized carbons (Fsp3) is 0.143. The fourth-order valence-electron chi connectivity index (χ4n) is 2.87. The zero-order valence-corrected chi connectivity index (χ0v) is 16.1. The molecule has 0 saturated heterocycles. The average Bonchev–Trinajstić information content (AvgIpc) is 2.72. The molecule has 154 valence electrons. The number of hydrogen-bond acceptors (Lipinski definition) is 5. The van der Waals surface area contributed by atoms with Crippen molar-refractivity contribution < 1.29 is 29.0 Å². The molecule has 3 rings (SSSR count). The molecule has 7 nitrogen and oxygen atoms in total. The largest absolute Gasteiger partial charge is 0.480 e. The summed E-state index contributed by atoms with van der Waals surface area (Å²) >= 11 is 5.90. The predicted molar refractivity (Wildman–Crippen MR) is 107 cm³/mol. The second-order valence-corrected chi connectivity index (χ2v) is 6.88. The Bertz CT molecular complexity index is 1070. The standard InChI is InChI=1S/C21H16ClFN2O5/c22-13-6-4-11(5-7-13)16-9-15(20(28)25-17(10-26)21(29)30)19(27)18(24-16)12-2-1-3-14(23)8-12/h1-9,17-18,26H,10H2,(H,25,28)(H,29,30)/t17-,18?/m0/s1. The van der Waals surface area contributed by atoms with Crippen LogP contribution < -0.4 is 5.32 Å². The number of carbonyl (C=O) groups is 3. The molecule has 0 aliphatic carbocycles. The van der Waals surface area contributed by atoms with Gasteiger partial charge in [-0.3, -0.25) is 14.6 Å².